The van der Waals surface area contributed by atoms with E-state index in [1.165, 1.54) is 36.2 Å². The van der Waals surface area contributed by atoms with Gasteiger partial charge in [-0.2, -0.15) is 0 Å². The Hall–Kier alpha value is -2.76. The Bertz CT molecular complexity index is 932. The number of carbonyl (C=O) groups excluding carboxylic acids is 2. The first-order valence-electron chi connectivity index (χ1n) is 8.40. The summed E-state index contributed by atoms with van der Waals surface area (Å²) < 4.78 is 1.11. The van der Waals surface area contributed by atoms with Gasteiger partial charge in [0.2, 0.25) is 11.8 Å². The van der Waals surface area contributed by atoms with Crippen molar-refractivity contribution in [1.29, 1.82) is 0 Å². The summed E-state index contributed by atoms with van der Waals surface area (Å²) in [6.07, 6.45) is 0. The summed E-state index contributed by atoms with van der Waals surface area (Å²) in [5.41, 5.74) is 0.119. The minimum absolute atomic E-state index is 0.0745. The Morgan fingerprint density at radius 2 is 1.17 bits per heavy atom. The van der Waals surface area contributed by atoms with E-state index in [1.807, 2.05) is 0 Å². The van der Waals surface area contributed by atoms with Crippen LogP contribution in [-0.4, -0.2) is 59.0 Å². The Morgan fingerprint density at radius 3 is 1.50 bits per heavy atom. The fraction of sp³-hybridized carbons (Fsp3) is 0.158. The number of nitrogens with one attached hydrogen (secondary N) is 2. The molecule has 0 aromatic heterocycles. The van der Waals surface area contributed by atoms with Crippen molar-refractivity contribution in [2.75, 3.05) is 30.8 Å². The molecule has 30 heavy (non-hydrogen) atoms. The van der Waals surface area contributed by atoms with Crippen LogP contribution in [0.3, 0.4) is 0 Å². The van der Waals surface area contributed by atoms with Crippen LogP contribution in [-0.2, 0) is 9.59 Å². The molecule has 2 amide bonds. The molecule has 0 aliphatic carbocycles. The highest BCUT2D eigenvalue weighted by Gasteiger charge is 2.17. The van der Waals surface area contributed by atoms with Crippen molar-refractivity contribution in [2.45, 2.75) is 0 Å². The lowest BCUT2D eigenvalue weighted by atomic mass is 10.2. The lowest BCUT2D eigenvalue weighted by Crippen LogP contribution is -2.36. The first kappa shape index (κ1) is 23.5. The highest BCUT2D eigenvalue weighted by molar-refractivity contribution is 9.10. The van der Waals surface area contributed by atoms with Gasteiger partial charge < -0.3 is 20.8 Å². The average molecular weight is 543 g/mol. The van der Waals surface area contributed by atoms with Crippen molar-refractivity contribution in [3.8, 4) is 0 Å². The molecule has 0 bridgehead atoms. The smallest absolute Gasteiger partial charge is 0.337 e. The number of anilines is 2. The van der Waals surface area contributed by atoms with Crippen LogP contribution in [0, 0.1) is 0 Å². The summed E-state index contributed by atoms with van der Waals surface area (Å²) in [4.78, 5) is 48.5. The summed E-state index contributed by atoms with van der Waals surface area (Å²) in [7, 11) is 1.53. The molecule has 2 rings (SSSR count). The summed E-state index contributed by atoms with van der Waals surface area (Å²) in [5.74, 6) is -3.40. The quantitative estimate of drug-likeness (QED) is 0.402. The Kier molecular flexibility index (Phi) is 8.09. The van der Waals surface area contributed by atoms with Gasteiger partial charge in [-0.05, 0) is 43.4 Å². The van der Waals surface area contributed by atoms with Crippen molar-refractivity contribution >= 4 is 67.0 Å². The molecule has 0 fully saturated rings. The molecule has 0 aliphatic rings. The third-order valence-corrected chi connectivity index (χ3v) is 4.79. The van der Waals surface area contributed by atoms with Gasteiger partial charge in [0.1, 0.15) is 0 Å². The van der Waals surface area contributed by atoms with E-state index < -0.39 is 23.8 Å². The number of halogens is 2. The fourth-order valence-corrected chi connectivity index (χ4v) is 3.25. The van der Waals surface area contributed by atoms with Crippen molar-refractivity contribution < 1.29 is 29.4 Å². The SMILES string of the molecule is CN(CC(=O)Nc1ccc(Br)cc1C(=O)O)CC(=O)Nc1ccc(Br)cc1C(=O)O. The van der Waals surface area contributed by atoms with Crippen LogP contribution in [0.4, 0.5) is 11.4 Å². The third-order valence-electron chi connectivity index (χ3n) is 3.80. The second-order valence-corrected chi connectivity index (χ2v) is 8.09. The van der Waals surface area contributed by atoms with Gasteiger partial charge in [-0.15, -0.1) is 0 Å². The molecule has 0 unspecified atom stereocenters. The average Bonchev–Trinajstić information content (AvgIpc) is 2.63. The molecule has 158 valence electrons. The maximum atomic E-state index is 12.2. The maximum Gasteiger partial charge on any atom is 0.337 e. The third kappa shape index (κ3) is 6.65. The van der Waals surface area contributed by atoms with Gasteiger partial charge in [0.25, 0.3) is 0 Å². The summed E-state index contributed by atoms with van der Waals surface area (Å²) in [5, 5.41) is 23.5. The van der Waals surface area contributed by atoms with E-state index in [1.54, 1.807) is 12.1 Å². The van der Waals surface area contributed by atoms with Crippen molar-refractivity contribution in [3.05, 3.63) is 56.5 Å². The van der Waals surface area contributed by atoms with Gasteiger partial charge in [-0.25, -0.2) is 9.59 Å². The number of rotatable bonds is 8. The lowest BCUT2D eigenvalue weighted by Gasteiger charge is -2.17. The van der Waals surface area contributed by atoms with E-state index in [0.717, 1.165) is 0 Å². The summed E-state index contributed by atoms with van der Waals surface area (Å²) in [6, 6.07) is 8.84. The van der Waals surface area contributed by atoms with E-state index in [2.05, 4.69) is 42.5 Å². The number of amides is 2. The topological polar surface area (TPSA) is 136 Å². The van der Waals surface area contributed by atoms with Crippen molar-refractivity contribution in [3.63, 3.8) is 0 Å². The standard InChI is InChI=1S/C19H17Br2N3O6/c1-24(8-16(25)22-14-4-2-10(20)6-12(14)18(27)28)9-17(26)23-15-5-3-11(21)7-13(15)19(29)30/h2-7H,8-9H2,1H3,(H,22,25)(H,23,26)(H,27,28)(H,29,30). The number of hydrogen-bond donors (Lipinski definition) is 4. The largest absolute Gasteiger partial charge is 0.478 e. The van der Waals surface area contributed by atoms with E-state index >= 15 is 0 Å². The van der Waals surface area contributed by atoms with Crippen LogP contribution in [0.1, 0.15) is 20.7 Å². The van der Waals surface area contributed by atoms with E-state index in [-0.39, 0.29) is 35.6 Å². The monoisotopic (exact) mass is 541 g/mol. The number of carboxylic acids is 2. The molecule has 9 nitrogen and oxygen atoms in total. The van der Waals surface area contributed by atoms with Crippen LogP contribution in [0.25, 0.3) is 0 Å². The second kappa shape index (κ2) is 10.3. The molecule has 2 aromatic carbocycles. The first-order valence-corrected chi connectivity index (χ1v) is 9.99. The molecule has 11 heteroatoms. The molecule has 4 N–H and O–H groups in total. The number of likely N-dealkylation sites (N-methyl/N-ethyl adjacent to an activating group) is 1. The van der Waals surface area contributed by atoms with Gasteiger partial charge in [-0.3, -0.25) is 14.5 Å². The van der Waals surface area contributed by atoms with Gasteiger partial charge in [0.15, 0.2) is 0 Å². The molecule has 0 radical (unpaired) electrons. The highest BCUT2D eigenvalue weighted by Crippen LogP contribution is 2.22. The lowest BCUT2D eigenvalue weighted by molar-refractivity contribution is -0.119. The molecular formula is C19H17Br2N3O6. The number of carbonyl (C=O) groups is 4. The zero-order chi connectivity index (χ0) is 22.4. The van der Waals surface area contributed by atoms with Crippen LogP contribution >= 0.6 is 31.9 Å². The fourth-order valence-electron chi connectivity index (χ4n) is 2.53. The zero-order valence-electron chi connectivity index (χ0n) is 15.6. The predicted octanol–water partition coefficient (Wildman–Crippen LogP) is 3.12. The Balaban J connectivity index is 1.97. The number of hydrogen-bond acceptors (Lipinski definition) is 5. The Morgan fingerprint density at radius 1 is 0.800 bits per heavy atom. The van der Waals surface area contributed by atoms with Crippen LogP contribution in [0.15, 0.2) is 45.3 Å². The van der Waals surface area contributed by atoms with Crippen molar-refractivity contribution in [1.82, 2.24) is 4.90 Å². The number of carboxylic acid groups (broad SMARTS) is 2. The van der Waals surface area contributed by atoms with Gasteiger partial charge in [-0.1, -0.05) is 31.9 Å². The number of aromatic carboxylic acids is 2. The summed E-state index contributed by atoms with van der Waals surface area (Å²) >= 11 is 6.35. The van der Waals surface area contributed by atoms with Gasteiger partial charge >= 0.3 is 11.9 Å². The number of nitrogens with zero attached hydrogens (tertiary/aromatic N) is 1. The highest BCUT2D eigenvalue weighted by atomic mass is 79.9. The van der Waals surface area contributed by atoms with E-state index in [9.17, 15) is 29.4 Å². The minimum atomic E-state index is -1.19. The molecular weight excluding hydrogens is 526 g/mol. The minimum Gasteiger partial charge on any atom is -0.478 e. The molecule has 0 spiro atoms. The predicted molar refractivity (Wildman–Crippen MR) is 117 cm³/mol. The van der Waals surface area contributed by atoms with Crippen molar-refractivity contribution in [2.24, 2.45) is 0 Å². The van der Waals surface area contributed by atoms with E-state index in [4.69, 9.17) is 0 Å². The maximum absolute atomic E-state index is 12.2. The van der Waals surface area contributed by atoms with Crippen LogP contribution in [0.2, 0.25) is 0 Å². The van der Waals surface area contributed by atoms with Crippen LogP contribution < -0.4 is 10.6 Å². The van der Waals surface area contributed by atoms with E-state index in [0.29, 0.717) is 8.95 Å². The zero-order valence-corrected chi connectivity index (χ0v) is 18.8. The van der Waals surface area contributed by atoms with Crippen LogP contribution in [0.5, 0.6) is 0 Å². The summed E-state index contributed by atoms with van der Waals surface area (Å²) in [6.45, 7) is -0.372. The molecule has 2 aromatic rings. The normalized spacial score (nSPS) is 10.5. The number of benzene rings is 2. The molecule has 0 saturated carbocycles. The molecule has 0 heterocycles. The second-order valence-electron chi connectivity index (χ2n) is 6.26. The Labute approximate surface area is 188 Å². The molecule has 0 saturated heterocycles. The molecule has 0 aliphatic heterocycles. The first-order chi connectivity index (χ1) is 14.1. The van der Waals surface area contributed by atoms with Gasteiger partial charge in [0.05, 0.1) is 35.6 Å². The molecule has 0 atom stereocenters. The van der Waals surface area contributed by atoms with Gasteiger partial charge in [0, 0.05) is 8.95 Å².